The van der Waals surface area contributed by atoms with E-state index in [0.717, 1.165) is 0 Å². The van der Waals surface area contributed by atoms with Gasteiger partial charge in [0.1, 0.15) is 11.1 Å². The molecule has 0 radical (unpaired) electrons. The summed E-state index contributed by atoms with van der Waals surface area (Å²) in [5.74, 6) is -1.37. The Morgan fingerprint density at radius 2 is 1.84 bits per heavy atom. The molecule has 2 amide bonds. The Labute approximate surface area is 183 Å². The van der Waals surface area contributed by atoms with Gasteiger partial charge in [-0.15, -0.1) is 0 Å². The summed E-state index contributed by atoms with van der Waals surface area (Å²) < 4.78 is 18.1. The molecular formula is C22H22FN3O4S. The number of nitrogens with one attached hydrogen (secondary N) is 1. The van der Waals surface area contributed by atoms with Gasteiger partial charge in [-0.25, -0.2) is 14.2 Å². The number of hydrogen-bond donors (Lipinski definition) is 1. The third-order valence-corrected chi connectivity index (χ3v) is 5.65. The van der Waals surface area contributed by atoms with Gasteiger partial charge in [-0.1, -0.05) is 11.8 Å². The van der Waals surface area contributed by atoms with Gasteiger partial charge < -0.3 is 10.1 Å². The molecule has 7 nitrogen and oxygen atoms in total. The first-order chi connectivity index (χ1) is 14.9. The molecule has 3 rings (SSSR count). The SMILES string of the molecule is CCOC(=O)c1ccc(NC(=O)[C@@H]2CC(=O)N(CC)C(=Nc3ccc(F)cc3)S2)cc1. The first-order valence-corrected chi connectivity index (χ1v) is 10.7. The molecule has 0 aromatic heterocycles. The first-order valence-electron chi connectivity index (χ1n) is 9.80. The van der Waals surface area contributed by atoms with Gasteiger partial charge in [-0.3, -0.25) is 14.5 Å². The van der Waals surface area contributed by atoms with Gasteiger partial charge >= 0.3 is 5.97 Å². The average Bonchev–Trinajstić information content (AvgIpc) is 2.76. The van der Waals surface area contributed by atoms with Gasteiger partial charge in [0.25, 0.3) is 0 Å². The average molecular weight is 444 g/mol. The molecule has 1 aliphatic heterocycles. The molecule has 0 unspecified atom stereocenters. The number of nitrogens with zero attached hydrogens (tertiary/aromatic N) is 2. The zero-order valence-electron chi connectivity index (χ0n) is 17.1. The van der Waals surface area contributed by atoms with Crippen LogP contribution in [0.25, 0.3) is 0 Å². The molecule has 1 atom stereocenters. The van der Waals surface area contributed by atoms with Gasteiger partial charge in [-0.05, 0) is 62.4 Å². The fourth-order valence-corrected chi connectivity index (χ4v) is 4.07. The maximum Gasteiger partial charge on any atom is 0.338 e. The Bertz CT molecular complexity index is 993. The van der Waals surface area contributed by atoms with Crippen molar-refractivity contribution in [2.45, 2.75) is 25.5 Å². The van der Waals surface area contributed by atoms with E-state index in [4.69, 9.17) is 4.74 Å². The molecule has 31 heavy (non-hydrogen) atoms. The van der Waals surface area contributed by atoms with Crippen LogP contribution < -0.4 is 5.32 Å². The standard InChI is InChI=1S/C22H22FN3O4S/c1-3-26-19(27)13-18(31-22(26)25-17-11-7-15(23)8-12-17)20(28)24-16-9-5-14(6-10-16)21(29)30-4-2/h5-12,18H,3-4,13H2,1-2H3,(H,24,28)/t18-/m0/s1. The summed E-state index contributed by atoms with van der Waals surface area (Å²) in [5, 5.41) is 2.49. The van der Waals surface area contributed by atoms with Gasteiger partial charge in [-0.2, -0.15) is 0 Å². The predicted molar refractivity (Wildman–Crippen MR) is 118 cm³/mol. The number of amidine groups is 1. The van der Waals surface area contributed by atoms with Gasteiger partial charge in [0.2, 0.25) is 11.8 Å². The Morgan fingerprint density at radius 1 is 1.16 bits per heavy atom. The molecule has 0 spiro atoms. The fourth-order valence-electron chi connectivity index (χ4n) is 2.91. The highest BCUT2D eigenvalue weighted by Gasteiger charge is 2.35. The second-order valence-corrected chi connectivity index (χ2v) is 7.78. The normalized spacial score (nSPS) is 17.5. The molecule has 1 N–H and O–H groups in total. The van der Waals surface area contributed by atoms with E-state index < -0.39 is 11.2 Å². The third-order valence-electron chi connectivity index (χ3n) is 4.46. The number of esters is 1. The van der Waals surface area contributed by atoms with Crippen molar-refractivity contribution in [3.63, 3.8) is 0 Å². The van der Waals surface area contributed by atoms with Crippen molar-refractivity contribution in [2.24, 2.45) is 4.99 Å². The Morgan fingerprint density at radius 3 is 2.45 bits per heavy atom. The van der Waals surface area contributed by atoms with E-state index in [9.17, 15) is 18.8 Å². The Kier molecular flexibility index (Phi) is 7.41. The number of aliphatic imine (C=N–C) groups is 1. The molecule has 1 saturated heterocycles. The van der Waals surface area contributed by atoms with Crippen molar-refractivity contribution in [1.82, 2.24) is 4.90 Å². The van der Waals surface area contributed by atoms with Crippen molar-refractivity contribution < 1.29 is 23.5 Å². The van der Waals surface area contributed by atoms with Crippen molar-refractivity contribution in [1.29, 1.82) is 0 Å². The number of rotatable bonds is 6. The van der Waals surface area contributed by atoms with E-state index in [1.165, 1.54) is 40.9 Å². The molecule has 0 bridgehead atoms. The number of halogens is 1. The summed E-state index contributed by atoms with van der Waals surface area (Å²) in [7, 11) is 0. The minimum atomic E-state index is -0.667. The number of carbonyl (C=O) groups excluding carboxylic acids is 3. The van der Waals surface area contributed by atoms with Crippen LogP contribution in [0, 0.1) is 5.82 Å². The van der Waals surface area contributed by atoms with Crippen molar-refractivity contribution in [3.8, 4) is 0 Å². The lowest BCUT2D eigenvalue weighted by Crippen LogP contribution is -2.45. The molecule has 162 valence electrons. The largest absolute Gasteiger partial charge is 0.462 e. The quantitative estimate of drug-likeness (QED) is 0.683. The minimum absolute atomic E-state index is 0.0354. The topological polar surface area (TPSA) is 88.1 Å². The molecule has 2 aromatic rings. The van der Waals surface area contributed by atoms with Gasteiger partial charge in [0, 0.05) is 18.7 Å². The number of ether oxygens (including phenoxy) is 1. The lowest BCUT2D eigenvalue weighted by molar-refractivity contribution is -0.129. The van der Waals surface area contributed by atoms with E-state index in [0.29, 0.717) is 28.7 Å². The molecule has 1 aliphatic rings. The molecule has 0 saturated carbocycles. The van der Waals surface area contributed by atoms with Crippen LogP contribution in [0.15, 0.2) is 53.5 Å². The first kappa shape index (κ1) is 22.5. The zero-order chi connectivity index (χ0) is 22.4. The summed E-state index contributed by atoms with van der Waals surface area (Å²) in [6.45, 7) is 4.24. The highest BCUT2D eigenvalue weighted by Crippen LogP contribution is 2.29. The Balaban J connectivity index is 1.73. The van der Waals surface area contributed by atoms with Crippen LogP contribution in [0.3, 0.4) is 0 Å². The van der Waals surface area contributed by atoms with Crippen LogP contribution >= 0.6 is 11.8 Å². The van der Waals surface area contributed by atoms with Crippen LogP contribution in [0.1, 0.15) is 30.6 Å². The van der Waals surface area contributed by atoms with E-state index >= 15 is 0 Å². The fraction of sp³-hybridized carbons (Fsp3) is 0.273. The number of benzene rings is 2. The number of amides is 2. The van der Waals surface area contributed by atoms with Crippen LogP contribution in [0.5, 0.6) is 0 Å². The molecule has 0 aliphatic carbocycles. The summed E-state index contributed by atoms with van der Waals surface area (Å²) in [4.78, 5) is 43.0. The second-order valence-electron chi connectivity index (χ2n) is 6.61. The van der Waals surface area contributed by atoms with Crippen LogP contribution in [-0.2, 0) is 14.3 Å². The maximum absolute atomic E-state index is 13.2. The third kappa shape index (κ3) is 5.69. The molecule has 1 heterocycles. The van der Waals surface area contributed by atoms with Crippen molar-refractivity contribution in [3.05, 3.63) is 59.9 Å². The summed E-state index contributed by atoms with van der Waals surface area (Å²) in [6, 6.07) is 11.9. The number of thioether (sulfide) groups is 1. The van der Waals surface area contributed by atoms with Gasteiger partial charge in [0.15, 0.2) is 5.17 Å². The smallest absolute Gasteiger partial charge is 0.338 e. The van der Waals surface area contributed by atoms with E-state index in [-0.39, 0.29) is 30.7 Å². The highest BCUT2D eigenvalue weighted by molar-refractivity contribution is 8.15. The van der Waals surface area contributed by atoms with Crippen LogP contribution in [0.2, 0.25) is 0 Å². The van der Waals surface area contributed by atoms with Crippen LogP contribution in [-0.4, -0.2) is 46.3 Å². The van der Waals surface area contributed by atoms with Crippen LogP contribution in [0.4, 0.5) is 15.8 Å². The second kappa shape index (κ2) is 10.2. The number of anilines is 1. The minimum Gasteiger partial charge on any atom is -0.462 e. The molecule has 2 aromatic carbocycles. The Hall–Kier alpha value is -3.20. The van der Waals surface area contributed by atoms with Crippen molar-refractivity contribution >= 4 is 46.1 Å². The summed E-state index contributed by atoms with van der Waals surface area (Å²) in [6.07, 6.45) is 0.0354. The lowest BCUT2D eigenvalue weighted by atomic mass is 10.2. The monoisotopic (exact) mass is 443 g/mol. The zero-order valence-corrected chi connectivity index (χ0v) is 17.9. The molecule has 9 heteroatoms. The molecular weight excluding hydrogens is 421 g/mol. The highest BCUT2D eigenvalue weighted by atomic mass is 32.2. The summed E-state index contributed by atoms with van der Waals surface area (Å²) >= 11 is 1.18. The maximum atomic E-state index is 13.2. The predicted octanol–water partition coefficient (Wildman–Crippen LogP) is 3.98. The van der Waals surface area contributed by atoms with E-state index in [1.54, 1.807) is 31.2 Å². The summed E-state index contributed by atoms with van der Waals surface area (Å²) in [5.41, 5.74) is 1.38. The number of carbonyl (C=O) groups is 3. The lowest BCUT2D eigenvalue weighted by Gasteiger charge is -2.30. The number of hydrogen-bond acceptors (Lipinski definition) is 6. The van der Waals surface area contributed by atoms with E-state index in [1.807, 2.05) is 6.92 Å². The van der Waals surface area contributed by atoms with E-state index in [2.05, 4.69) is 10.3 Å². The van der Waals surface area contributed by atoms with Crippen molar-refractivity contribution in [2.75, 3.05) is 18.5 Å². The molecule has 1 fully saturated rings. The van der Waals surface area contributed by atoms with Gasteiger partial charge in [0.05, 0.1) is 17.9 Å².